The summed E-state index contributed by atoms with van der Waals surface area (Å²) in [6, 6.07) is 13.5. The van der Waals surface area contributed by atoms with Crippen LogP contribution < -0.4 is 5.32 Å². The number of nitrogens with zero attached hydrogens (tertiary/aromatic N) is 2. The minimum atomic E-state index is -0.617. The van der Waals surface area contributed by atoms with Gasteiger partial charge in [-0.1, -0.05) is 30.3 Å². The predicted molar refractivity (Wildman–Crippen MR) is 82.3 cm³/mol. The van der Waals surface area contributed by atoms with Gasteiger partial charge >= 0.3 is 0 Å². The van der Waals surface area contributed by atoms with Crippen molar-refractivity contribution >= 4 is 0 Å². The first-order valence-corrected chi connectivity index (χ1v) is 7.56. The molecule has 0 bridgehead atoms. The molecular weight excluding hydrogens is 246 g/mol. The Balaban J connectivity index is 2.30. The molecule has 1 aliphatic rings. The Kier molecular flexibility index (Phi) is 4.80. The molecule has 1 heterocycles. The molecule has 2 rings (SSSR count). The quantitative estimate of drug-likeness (QED) is 0.895. The summed E-state index contributed by atoms with van der Waals surface area (Å²) in [5, 5.41) is 13.4. The monoisotopic (exact) mass is 271 g/mol. The number of hydrogen-bond acceptors (Lipinski definition) is 3. The third-order valence-corrected chi connectivity index (χ3v) is 4.12. The molecule has 20 heavy (non-hydrogen) atoms. The van der Waals surface area contributed by atoms with E-state index in [0.717, 1.165) is 18.7 Å². The minimum Gasteiger partial charge on any atom is -0.297 e. The molecule has 0 aromatic heterocycles. The van der Waals surface area contributed by atoms with Crippen molar-refractivity contribution in [2.24, 2.45) is 0 Å². The highest BCUT2D eigenvalue weighted by atomic mass is 15.2. The Morgan fingerprint density at radius 2 is 2.10 bits per heavy atom. The molecule has 108 valence electrons. The van der Waals surface area contributed by atoms with Gasteiger partial charge in [0.05, 0.1) is 6.07 Å². The Bertz CT molecular complexity index is 463. The zero-order valence-corrected chi connectivity index (χ0v) is 12.8. The second kappa shape index (κ2) is 6.39. The smallest absolute Gasteiger partial charge is 0.145 e. The lowest BCUT2D eigenvalue weighted by atomic mass is 9.89. The first-order valence-electron chi connectivity index (χ1n) is 7.56. The maximum absolute atomic E-state index is 9.89. The first kappa shape index (κ1) is 15.0. The Labute approximate surface area is 122 Å². The second-order valence-corrected chi connectivity index (χ2v) is 6.14. The van der Waals surface area contributed by atoms with Crippen LogP contribution in [-0.4, -0.2) is 30.1 Å². The van der Waals surface area contributed by atoms with Gasteiger partial charge in [0.1, 0.15) is 5.54 Å². The third kappa shape index (κ3) is 3.20. The highest BCUT2D eigenvalue weighted by Crippen LogP contribution is 2.27. The summed E-state index contributed by atoms with van der Waals surface area (Å²) >= 11 is 0. The molecule has 0 radical (unpaired) electrons. The maximum Gasteiger partial charge on any atom is 0.145 e. The number of rotatable bonds is 5. The van der Waals surface area contributed by atoms with Crippen LogP contribution in [-0.2, 0) is 5.54 Å². The summed E-state index contributed by atoms with van der Waals surface area (Å²) in [6.07, 6.45) is 2.47. The molecule has 0 saturated carbocycles. The number of nitriles is 1. The van der Waals surface area contributed by atoms with Gasteiger partial charge in [0.2, 0.25) is 0 Å². The van der Waals surface area contributed by atoms with E-state index in [0.29, 0.717) is 6.04 Å². The topological polar surface area (TPSA) is 39.1 Å². The van der Waals surface area contributed by atoms with Gasteiger partial charge in [-0.05, 0) is 45.7 Å². The first-order chi connectivity index (χ1) is 9.57. The van der Waals surface area contributed by atoms with Gasteiger partial charge in [-0.15, -0.1) is 0 Å². The molecular formula is C17H25N3. The summed E-state index contributed by atoms with van der Waals surface area (Å²) in [5.74, 6) is 0. The van der Waals surface area contributed by atoms with Crippen LogP contribution in [0.15, 0.2) is 30.3 Å². The van der Waals surface area contributed by atoms with Crippen molar-refractivity contribution in [2.75, 3.05) is 13.1 Å². The van der Waals surface area contributed by atoms with Crippen molar-refractivity contribution in [1.82, 2.24) is 10.2 Å². The highest BCUT2D eigenvalue weighted by molar-refractivity contribution is 5.32. The van der Waals surface area contributed by atoms with Gasteiger partial charge in [-0.3, -0.25) is 10.2 Å². The van der Waals surface area contributed by atoms with Gasteiger partial charge < -0.3 is 0 Å². The zero-order chi connectivity index (χ0) is 14.6. The van der Waals surface area contributed by atoms with E-state index in [1.54, 1.807) is 0 Å². The summed E-state index contributed by atoms with van der Waals surface area (Å²) in [4.78, 5) is 2.44. The highest BCUT2D eigenvalue weighted by Gasteiger charge is 2.37. The van der Waals surface area contributed by atoms with E-state index < -0.39 is 5.54 Å². The molecule has 1 fully saturated rings. The van der Waals surface area contributed by atoms with Crippen LogP contribution in [0.4, 0.5) is 0 Å². The fraction of sp³-hybridized carbons (Fsp3) is 0.588. The molecule has 1 saturated heterocycles. The summed E-state index contributed by atoms with van der Waals surface area (Å²) in [6.45, 7) is 8.31. The summed E-state index contributed by atoms with van der Waals surface area (Å²) in [7, 11) is 0. The average Bonchev–Trinajstić information content (AvgIpc) is 2.84. The summed E-state index contributed by atoms with van der Waals surface area (Å²) in [5.41, 5.74) is 0.448. The lowest BCUT2D eigenvalue weighted by Crippen LogP contribution is -2.53. The van der Waals surface area contributed by atoms with Crippen LogP contribution in [0.5, 0.6) is 0 Å². The fourth-order valence-corrected chi connectivity index (χ4v) is 3.10. The standard InChI is InChI=1S/C17H25N3/c1-14(2)19-17(12-18,16-9-5-4-6-10-16)13-20-11-7-8-15(20)3/h4-6,9-10,14-15,19H,7-8,11,13H2,1-3H3. The Morgan fingerprint density at radius 3 is 2.60 bits per heavy atom. The lowest BCUT2D eigenvalue weighted by Gasteiger charge is -2.36. The van der Waals surface area contributed by atoms with Crippen LogP contribution in [0.25, 0.3) is 0 Å². The third-order valence-electron chi connectivity index (χ3n) is 4.12. The van der Waals surface area contributed by atoms with E-state index in [9.17, 15) is 5.26 Å². The van der Waals surface area contributed by atoms with Crippen LogP contribution in [0.1, 0.15) is 39.2 Å². The molecule has 1 aromatic carbocycles. The summed E-state index contributed by atoms with van der Waals surface area (Å²) < 4.78 is 0. The largest absolute Gasteiger partial charge is 0.297 e. The molecule has 3 nitrogen and oxygen atoms in total. The van der Waals surface area contributed by atoms with Crippen LogP contribution in [0.2, 0.25) is 0 Å². The molecule has 2 atom stereocenters. The molecule has 1 aromatic rings. The lowest BCUT2D eigenvalue weighted by molar-refractivity contribution is 0.199. The van der Waals surface area contributed by atoms with Crippen molar-refractivity contribution in [2.45, 2.75) is 51.2 Å². The Morgan fingerprint density at radius 1 is 1.40 bits per heavy atom. The van der Waals surface area contributed by atoms with E-state index >= 15 is 0 Å². The van der Waals surface area contributed by atoms with Crippen molar-refractivity contribution in [3.63, 3.8) is 0 Å². The number of likely N-dealkylation sites (tertiary alicyclic amines) is 1. The van der Waals surface area contributed by atoms with E-state index in [4.69, 9.17) is 0 Å². The van der Waals surface area contributed by atoms with Crippen molar-refractivity contribution in [1.29, 1.82) is 5.26 Å². The van der Waals surface area contributed by atoms with E-state index in [-0.39, 0.29) is 6.04 Å². The zero-order valence-electron chi connectivity index (χ0n) is 12.8. The molecule has 1 aliphatic heterocycles. The number of hydrogen-bond donors (Lipinski definition) is 1. The molecule has 3 heteroatoms. The van der Waals surface area contributed by atoms with Gasteiger partial charge in [-0.25, -0.2) is 0 Å². The predicted octanol–water partition coefficient (Wildman–Crippen LogP) is 2.89. The molecule has 1 N–H and O–H groups in total. The average molecular weight is 271 g/mol. The van der Waals surface area contributed by atoms with E-state index in [2.05, 4.69) is 49.2 Å². The van der Waals surface area contributed by atoms with Crippen LogP contribution in [0.3, 0.4) is 0 Å². The van der Waals surface area contributed by atoms with Gasteiger partial charge in [0.15, 0.2) is 0 Å². The van der Waals surface area contributed by atoms with Gasteiger partial charge in [-0.2, -0.15) is 5.26 Å². The Hall–Kier alpha value is -1.37. The van der Waals surface area contributed by atoms with Crippen molar-refractivity contribution in [3.05, 3.63) is 35.9 Å². The van der Waals surface area contributed by atoms with Crippen LogP contribution >= 0.6 is 0 Å². The fourth-order valence-electron chi connectivity index (χ4n) is 3.10. The van der Waals surface area contributed by atoms with Gasteiger partial charge in [0.25, 0.3) is 0 Å². The molecule has 0 amide bonds. The number of benzene rings is 1. The van der Waals surface area contributed by atoms with E-state index in [1.807, 2.05) is 18.2 Å². The maximum atomic E-state index is 9.89. The number of nitrogens with one attached hydrogen (secondary N) is 1. The molecule has 2 unspecified atom stereocenters. The van der Waals surface area contributed by atoms with Crippen molar-refractivity contribution in [3.8, 4) is 6.07 Å². The van der Waals surface area contributed by atoms with Gasteiger partial charge in [0, 0.05) is 18.6 Å². The molecule has 0 spiro atoms. The normalized spacial score (nSPS) is 22.6. The second-order valence-electron chi connectivity index (χ2n) is 6.14. The molecule has 0 aliphatic carbocycles. The minimum absolute atomic E-state index is 0.271. The SMILES string of the molecule is CC(C)NC(C#N)(CN1CCCC1C)c1ccccc1. The van der Waals surface area contributed by atoms with Crippen LogP contribution in [0, 0.1) is 11.3 Å². The van der Waals surface area contributed by atoms with Crippen molar-refractivity contribution < 1.29 is 0 Å². The van der Waals surface area contributed by atoms with E-state index in [1.165, 1.54) is 12.8 Å².